The summed E-state index contributed by atoms with van der Waals surface area (Å²) in [5, 5.41) is 20.0. The van der Waals surface area contributed by atoms with Gasteiger partial charge in [0.2, 0.25) is 0 Å². The first-order valence-corrected chi connectivity index (χ1v) is 11.9. The second kappa shape index (κ2) is 11.0. The molecule has 1 aliphatic rings. The summed E-state index contributed by atoms with van der Waals surface area (Å²) in [6, 6.07) is 23.3. The van der Waals surface area contributed by atoms with E-state index >= 15 is 0 Å². The van der Waals surface area contributed by atoms with E-state index in [2.05, 4.69) is 28.1 Å². The van der Waals surface area contributed by atoms with E-state index < -0.39 is 5.97 Å². The van der Waals surface area contributed by atoms with Crippen molar-refractivity contribution < 1.29 is 15.0 Å². The Bertz CT molecular complexity index is 1270. The Hall–Kier alpha value is -3.64. The number of benzene rings is 3. The van der Waals surface area contributed by atoms with E-state index in [0.717, 1.165) is 33.3 Å². The van der Waals surface area contributed by atoms with E-state index in [9.17, 15) is 15.0 Å². The second-order valence-electron chi connectivity index (χ2n) is 7.96. The predicted octanol–water partition coefficient (Wildman–Crippen LogP) is 5.99. The van der Waals surface area contributed by atoms with Gasteiger partial charge in [0.05, 0.1) is 12.1 Å². The number of phenols is 1. The molecule has 2 N–H and O–H groups in total. The number of phenolic OH excluding ortho intramolecular Hbond substituents is 1. The molecule has 0 aromatic heterocycles. The summed E-state index contributed by atoms with van der Waals surface area (Å²) in [6.45, 7) is 0.881. The minimum atomic E-state index is -0.866. The first kappa shape index (κ1) is 23.5. The predicted molar refractivity (Wildman–Crippen MR) is 140 cm³/mol. The lowest BCUT2D eigenvalue weighted by atomic mass is 10.0. The van der Waals surface area contributed by atoms with Crippen molar-refractivity contribution in [2.45, 2.75) is 12.8 Å². The van der Waals surface area contributed by atoms with E-state index in [1.54, 1.807) is 12.1 Å². The van der Waals surface area contributed by atoms with E-state index in [0.29, 0.717) is 24.5 Å². The molecule has 0 aliphatic carbocycles. The zero-order chi connectivity index (χ0) is 23.9. The molecule has 0 bridgehead atoms. The highest BCUT2D eigenvalue weighted by Crippen LogP contribution is 2.29. The fraction of sp³-hybridized carbons (Fsp3) is 0.143. The largest absolute Gasteiger partial charge is 0.507 e. The zero-order valence-electron chi connectivity index (χ0n) is 18.6. The lowest BCUT2D eigenvalue weighted by molar-refractivity contribution is -0.137. The third-order valence-electron chi connectivity index (χ3n) is 5.60. The topological polar surface area (TPSA) is 73.1 Å². The monoisotopic (exact) mass is 516 g/mol. The van der Waals surface area contributed by atoms with Crippen molar-refractivity contribution in [2.75, 3.05) is 13.1 Å². The van der Waals surface area contributed by atoms with Crippen LogP contribution in [0.3, 0.4) is 0 Å². The van der Waals surface area contributed by atoms with Gasteiger partial charge in [-0.2, -0.15) is 0 Å². The first-order chi connectivity index (χ1) is 16.5. The van der Waals surface area contributed by atoms with Crippen LogP contribution in [-0.4, -0.2) is 40.0 Å². The van der Waals surface area contributed by atoms with Gasteiger partial charge in [0.1, 0.15) is 11.6 Å². The maximum Gasteiger partial charge on any atom is 0.305 e. The molecule has 1 aliphatic heterocycles. The van der Waals surface area contributed by atoms with E-state index in [1.807, 2.05) is 71.7 Å². The molecule has 0 amide bonds. The van der Waals surface area contributed by atoms with Crippen LogP contribution in [0.5, 0.6) is 5.75 Å². The standard InChI is InChI=1S/C28H25BrN2O3/c29-22-10-4-9-21(19-22)25-13-5-11-23-24(12-6-14-26(23)32)28(30-25)31(18-16-27(33)34)17-15-20-7-2-1-3-8-20/h1-14,19,32H,15-18H2,(H,33,34)/b11-5+,13-5?,23-11?,25-13-,28-24?,30-25?,30-28?. The van der Waals surface area contributed by atoms with Gasteiger partial charge in [-0.15, -0.1) is 0 Å². The SMILES string of the molecule is O=C(O)CCN(CCc1ccccc1)C1=N/C(c2cccc(Br)c2)=C\C=C\c2c(O)cccc21. The smallest absolute Gasteiger partial charge is 0.305 e. The van der Waals surface area contributed by atoms with Crippen LogP contribution < -0.4 is 0 Å². The van der Waals surface area contributed by atoms with Gasteiger partial charge >= 0.3 is 5.97 Å². The van der Waals surface area contributed by atoms with Gasteiger partial charge in [-0.05, 0) is 36.3 Å². The number of aromatic hydroxyl groups is 1. The molecule has 1 heterocycles. The van der Waals surface area contributed by atoms with Gasteiger partial charge in [-0.3, -0.25) is 4.79 Å². The van der Waals surface area contributed by atoms with Crippen molar-refractivity contribution in [1.29, 1.82) is 0 Å². The molecule has 0 atom stereocenters. The quantitative estimate of drug-likeness (QED) is 0.404. The average Bonchev–Trinajstić information content (AvgIpc) is 2.81. The molecule has 3 aromatic carbocycles. The minimum absolute atomic E-state index is 0.0201. The van der Waals surface area contributed by atoms with Gasteiger partial charge in [0, 0.05) is 34.3 Å². The van der Waals surface area contributed by atoms with Crippen LogP contribution >= 0.6 is 15.9 Å². The molecular weight excluding hydrogens is 492 g/mol. The van der Waals surface area contributed by atoms with Crippen molar-refractivity contribution in [3.63, 3.8) is 0 Å². The number of hydrogen-bond acceptors (Lipinski definition) is 4. The van der Waals surface area contributed by atoms with Crippen molar-refractivity contribution in [1.82, 2.24) is 4.90 Å². The fourth-order valence-corrected chi connectivity index (χ4v) is 4.28. The Labute approximate surface area is 207 Å². The number of carboxylic acids is 1. The normalized spacial score (nSPS) is 15.2. The number of carbonyl (C=O) groups is 1. The van der Waals surface area contributed by atoms with Gasteiger partial charge < -0.3 is 15.1 Å². The molecule has 172 valence electrons. The number of fused-ring (bicyclic) bond motifs is 1. The number of allylic oxidation sites excluding steroid dienone is 2. The summed E-state index contributed by atoms with van der Waals surface area (Å²) in [7, 11) is 0. The van der Waals surface area contributed by atoms with E-state index in [-0.39, 0.29) is 12.2 Å². The highest BCUT2D eigenvalue weighted by atomic mass is 79.9. The van der Waals surface area contributed by atoms with E-state index in [4.69, 9.17) is 4.99 Å². The molecule has 4 rings (SSSR count). The van der Waals surface area contributed by atoms with Crippen LogP contribution in [0.25, 0.3) is 11.8 Å². The lowest BCUT2D eigenvalue weighted by Crippen LogP contribution is -2.36. The summed E-state index contributed by atoms with van der Waals surface area (Å²) in [5.74, 6) is -0.0735. The maximum atomic E-state index is 11.5. The van der Waals surface area contributed by atoms with Crippen LogP contribution in [0.2, 0.25) is 0 Å². The summed E-state index contributed by atoms with van der Waals surface area (Å²) < 4.78 is 0.943. The van der Waals surface area contributed by atoms with Gasteiger partial charge in [0.25, 0.3) is 0 Å². The third kappa shape index (κ3) is 5.83. The molecule has 5 nitrogen and oxygen atoms in total. The lowest BCUT2D eigenvalue weighted by Gasteiger charge is -2.28. The highest BCUT2D eigenvalue weighted by molar-refractivity contribution is 9.10. The molecule has 0 radical (unpaired) electrons. The third-order valence-corrected chi connectivity index (χ3v) is 6.09. The number of nitrogens with zero attached hydrogens (tertiary/aromatic N) is 2. The van der Waals surface area contributed by atoms with Crippen molar-refractivity contribution in [3.8, 4) is 5.75 Å². The molecule has 0 saturated heterocycles. The molecular formula is C28H25BrN2O3. The number of hydrogen-bond donors (Lipinski definition) is 2. The highest BCUT2D eigenvalue weighted by Gasteiger charge is 2.21. The van der Waals surface area contributed by atoms with Crippen LogP contribution in [0.15, 0.2) is 94.4 Å². The Morgan fingerprint density at radius 3 is 2.53 bits per heavy atom. The van der Waals surface area contributed by atoms with Gasteiger partial charge in [0.15, 0.2) is 0 Å². The molecule has 6 heteroatoms. The summed E-state index contributed by atoms with van der Waals surface area (Å²) in [6.07, 6.45) is 6.36. The van der Waals surface area contributed by atoms with E-state index in [1.165, 1.54) is 0 Å². The average molecular weight is 517 g/mol. The Balaban J connectivity index is 1.80. The molecule has 0 spiro atoms. The number of aliphatic imine (C=N–C) groups is 1. The maximum absolute atomic E-state index is 11.5. The molecule has 0 saturated carbocycles. The molecule has 0 fully saturated rings. The number of halogens is 1. The molecule has 34 heavy (non-hydrogen) atoms. The molecule has 3 aromatic rings. The Morgan fingerprint density at radius 2 is 1.76 bits per heavy atom. The number of amidine groups is 1. The second-order valence-corrected chi connectivity index (χ2v) is 8.88. The van der Waals surface area contributed by atoms with Gasteiger partial charge in [-0.1, -0.05) is 82.7 Å². The summed E-state index contributed by atoms with van der Waals surface area (Å²) in [4.78, 5) is 18.5. The number of rotatable bonds is 7. The van der Waals surface area contributed by atoms with Crippen molar-refractivity contribution >= 4 is 39.5 Å². The summed E-state index contributed by atoms with van der Waals surface area (Å²) in [5.41, 5.74) is 4.26. The van der Waals surface area contributed by atoms with Crippen LogP contribution in [0.4, 0.5) is 0 Å². The Kier molecular flexibility index (Phi) is 7.60. The van der Waals surface area contributed by atoms with Crippen LogP contribution in [0, 0.1) is 0 Å². The first-order valence-electron chi connectivity index (χ1n) is 11.1. The number of aliphatic carboxylic acids is 1. The fourth-order valence-electron chi connectivity index (χ4n) is 3.88. The minimum Gasteiger partial charge on any atom is -0.507 e. The number of carboxylic acid groups (broad SMARTS) is 1. The van der Waals surface area contributed by atoms with Crippen LogP contribution in [0.1, 0.15) is 28.7 Å². The van der Waals surface area contributed by atoms with Crippen molar-refractivity contribution in [2.24, 2.45) is 4.99 Å². The molecule has 0 unspecified atom stereocenters. The van der Waals surface area contributed by atoms with Gasteiger partial charge in [-0.25, -0.2) is 4.99 Å². The zero-order valence-corrected chi connectivity index (χ0v) is 20.1. The van der Waals surface area contributed by atoms with Crippen molar-refractivity contribution in [3.05, 3.63) is 112 Å². The van der Waals surface area contributed by atoms with Crippen LogP contribution in [-0.2, 0) is 11.2 Å². The summed E-state index contributed by atoms with van der Waals surface area (Å²) >= 11 is 3.53. The Morgan fingerprint density at radius 1 is 0.971 bits per heavy atom.